The van der Waals surface area contributed by atoms with Crippen molar-refractivity contribution in [3.63, 3.8) is 0 Å². The van der Waals surface area contributed by atoms with Gasteiger partial charge in [0.15, 0.2) is 0 Å². The van der Waals surface area contributed by atoms with Crippen LogP contribution in [0.5, 0.6) is 0 Å². The van der Waals surface area contributed by atoms with Gasteiger partial charge in [-0.25, -0.2) is 0 Å². The van der Waals surface area contributed by atoms with Crippen molar-refractivity contribution in [1.82, 2.24) is 5.32 Å². The Morgan fingerprint density at radius 1 is 1.18 bits per heavy atom. The Morgan fingerprint density at radius 3 is 2.47 bits per heavy atom. The van der Waals surface area contributed by atoms with Gasteiger partial charge in [0.25, 0.3) is 0 Å². The fourth-order valence-corrected chi connectivity index (χ4v) is 2.63. The first-order valence-electron chi connectivity index (χ1n) is 7.18. The Balaban J connectivity index is 2.44. The minimum atomic E-state index is 0.0603. The summed E-state index contributed by atoms with van der Waals surface area (Å²) in [5.74, 6) is 0. The second-order valence-corrected chi connectivity index (χ2v) is 5.11. The van der Waals surface area contributed by atoms with Crippen LogP contribution >= 0.6 is 0 Å². The van der Waals surface area contributed by atoms with Gasteiger partial charge in [-0.2, -0.15) is 0 Å². The van der Waals surface area contributed by atoms with E-state index in [0.717, 1.165) is 19.7 Å². The van der Waals surface area contributed by atoms with Crippen molar-refractivity contribution in [2.45, 2.75) is 64.6 Å². The van der Waals surface area contributed by atoms with Crippen LogP contribution in [0.3, 0.4) is 0 Å². The molecule has 3 nitrogen and oxygen atoms in total. The van der Waals surface area contributed by atoms with Crippen molar-refractivity contribution in [3.8, 4) is 0 Å². The highest BCUT2D eigenvalue weighted by Gasteiger charge is 2.34. The average molecular weight is 243 g/mol. The molecule has 1 saturated carbocycles. The molecule has 1 aliphatic rings. The van der Waals surface area contributed by atoms with E-state index >= 15 is 0 Å². The molecule has 1 fully saturated rings. The molecule has 1 rings (SSSR count). The van der Waals surface area contributed by atoms with E-state index in [4.69, 9.17) is 9.47 Å². The van der Waals surface area contributed by atoms with Gasteiger partial charge in [0.1, 0.15) is 0 Å². The van der Waals surface area contributed by atoms with Gasteiger partial charge in [-0.1, -0.05) is 26.2 Å². The number of likely N-dealkylation sites (N-methyl/N-ethyl adjacent to an activating group) is 1. The molecular weight excluding hydrogens is 214 g/mol. The van der Waals surface area contributed by atoms with E-state index in [2.05, 4.69) is 19.2 Å². The highest BCUT2D eigenvalue weighted by Crippen LogP contribution is 2.32. The molecule has 3 heteroatoms. The van der Waals surface area contributed by atoms with Gasteiger partial charge in [-0.15, -0.1) is 0 Å². The van der Waals surface area contributed by atoms with Gasteiger partial charge in [0.2, 0.25) is 0 Å². The second-order valence-electron chi connectivity index (χ2n) is 5.11. The van der Waals surface area contributed by atoms with E-state index in [-0.39, 0.29) is 11.7 Å². The fourth-order valence-electron chi connectivity index (χ4n) is 2.63. The third kappa shape index (κ3) is 5.36. The lowest BCUT2D eigenvalue weighted by molar-refractivity contribution is -0.125. The molecule has 1 unspecified atom stereocenters. The van der Waals surface area contributed by atoms with Crippen molar-refractivity contribution in [2.75, 3.05) is 26.3 Å². The third-order valence-corrected chi connectivity index (χ3v) is 3.47. The second kappa shape index (κ2) is 8.06. The maximum atomic E-state index is 6.30. The Morgan fingerprint density at radius 2 is 1.88 bits per heavy atom. The zero-order valence-corrected chi connectivity index (χ0v) is 11.8. The van der Waals surface area contributed by atoms with E-state index in [1.165, 1.54) is 32.1 Å². The molecule has 0 aromatic carbocycles. The summed E-state index contributed by atoms with van der Waals surface area (Å²) in [5, 5.41) is 3.45. The molecular formula is C14H29NO2. The van der Waals surface area contributed by atoms with E-state index in [0.29, 0.717) is 6.61 Å². The van der Waals surface area contributed by atoms with Crippen LogP contribution in [0.25, 0.3) is 0 Å². The van der Waals surface area contributed by atoms with Crippen LogP contribution in [-0.2, 0) is 9.47 Å². The molecule has 102 valence electrons. The van der Waals surface area contributed by atoms with Crippen LogP contribution < -0.4 is 5.32 Å². The smallest absolute Gasteiger partial charge is 0.0811 e. The van der Waals surface area contributed by atoms with Crippen LogP contribution in [0, 0.1) is 0 Å². The van der Waals surface area contributed by atoms with Gasteiger partial charge in [-0.05, 0) is 33.2 Å². The summed E-state index contributed by atoms with van der Waals surface area (Å²) < 4.78 is 11.7. The van der Waals surface area contributed by atoms with Crippen molar-refractivity contribution >= 4 is 0 Å². The summed E-state index contributed by atoms with van der Waals surface area (Å²) in [4.78, 5) is 0. The van der Waals surface area contributed by atoms with Crippen LogP contribution in [0.15, 0.2) is 0 Å². The standard InChI is InChI=1S/C14H29NO2/c1-4-15-12-14(9-7-6-8-10-14)17-13(3)11-16-5-2/h13,15H,4-12H2,1-3H3. The van der Waals surface area contributed by atoms with Crippen LogP contribution in [0.1, 0.15) is 52.9 Å². The summed E-state index contributed by atoms with van der Waals surface area (Å²) in [5.41, 5.74) is 0.0603. The van der Waals surface area contributed by atoms with Gasteiger partial charge < -0.3 is 14.8 Å². The lowest BCUT2D eigenvalue weighted by atomic mass is 9.84. The molecule has 0 aromatic heterocycles. The molecule has 1 N–H and O–H groups in total. The summed E-state index contributed by atoms with van der Waals surface area (Å²) in [6, 6.07) is 0. The number of rotatable bonds is 8. The predicted octanol–water partition coefficient (Wildman–Crippen LogP) is 2.74. The Hall–Kier alpha value is -0.120. The molecule has 0 amide bonds. The molecule has 1 atom stereocenters. The summed E-state index contributed by atoms with van der Waals surface area (Å²) >= 11 is 0. The maximum absolute atomic E-state index is 6.30. The minimum absolute atomic E-state index is 0.0603. The monoisotopic (exact) mass is 243 g/mol. The zero-order chi connectivity index (χ0) is 12.6. The first-order chi connectivity index (χ1) is 8.22. The minimum Gasteiger partial charge on any atom is -0.379 e. The summed E-state index contributed by atoms with van der Waals surface area (Å²) in [6.07, 6.45) is 6.54. The largest absolute Gasteiger partial charge is 0.379 e. The first-order valence-corrected chi connectivity index (χ1v) is 7.18. The number of ether oxygens (including phenoxy) is 2. The molecule has 0 aliphatic heterocycles. The Kier molecular flexibility index (Phi) is 7.09. The topological polar surface area (TPSA) is 30.5 Å². The SMILES string of the molecule is CCNCC1(OC(C)COCC)CCCCC1. The van der Waals surface area contributed by atoms with Crippen LogP contribution in [0.4, 0.5) is 0 Å². The summed E-state index contributed by atoms with van der Waals surface area (Å²) in [7, 11) is 0. The Labute approximate surface area is 106 Å². The van der Waals surface area contributed by atoms with Gasteiger partial charge >= 0.3 is 0 Å². The molecule has 0 spiro atoms. The van der Waals surface area contributed by atoms with E-state index in [1.54, 1.807) is 0 Å². The lowest BCUT2D eigenvalue weighted by Crippen LogP contribution is -2.47. The normalized spacial score (nSPS) is 21.4. The van der Waals surface area contributed by atoms with Crippen molar-refractivity contribution in [2.24, 2.45) is 0 Å². The van der Waals surface area contributed by atoms with Crippen LogP contribution in [0.2, 0.25) is 0 Å². The van der Waals surface area contributed by atoms with Crippen molar-refractivity contribution < 1.29 is 9.47 Å². The summed E-state index contributed by atoms with van der Waals surface area (Å²) in [6.45, 7) is 9.79. The highest BCUT2D eigenvalue weighted by molar-refractivity contribution is 4.87. The molecule has 0 bridgehead atoms. The highest BCUT2D eigenvalue weighted by atomic mass is 16.5. The van der Waals surface area contributed by atoms with E-state index in [9.17, 15) is 0 Å². The molecule has 0 saturated heterocycles. The quantitative estimate of drug-likeness (QED) is 0.711. The molecule has 0 heterocycles. The Bertz CT molecular complexity index is 191. The van der Waals surface area contributed by atoms with E-state index in [1.807, 2.05) is 6.92 Å². The maximum Gasteiger partial charge on any atom is 0.0811 e. The van der Waals surface area contributed by atoms with Crippen molar-refractivity contribution in [3.05, 3.63) is 0 Å². The number of nitrogens with one attached hydrogen (secondary N) is 1. The van der Waals surface area contributed by atoms with E-state index < -0.39 is 0 Å². The third-order valence-electron chi connectivity index (χ3n) is 3.47. The van der Waals surface area contributed by atoms with Gasteiger partial charge in [0, 0.05) is 13.2 Å². The van der Waals surface area contributed by atoms with Crippen molar-refractivity contribution in [1.29, 1.82) is 0 Å². The van der Waals surface area contributed by atoms with Crippen LogP contribution in [-0.4, -0.2) is 38.0 Å². The zero-order valence-electron chi connectivity index (χ0n) is 11.8. The number of hydrogen-bond acceptors (Lipinski definition) is 3. The fraction of sp³-hybridized carbons (Fsp3) is 1.00. The first kappa shape index (κ1) is 14.9. The lowest BCUT2D eigenvalue weighted by Gasteiger charge is -2.39. The van der Waals surface area contributed by atoms with Gasteiger partial charge in [-0.3, -0.25) is 0 Å². The number of hydrogen-bond donors (Lipinski definition) is 1. The molecule has 1 aliphatic carbocycles. The molecule has 0 aromatic rings. The predicted molar refractivity (Wildman–Crippen MR) is 71.4 cm³/mol. The van der Waals surface area contributed by atoms with Gasteiger partial charge in [0.05, 0.1) is 18.3 Å². The molecule has 0 radical (unpaired) electrons. The molecule has 17 heavy (non-hydrogen) atoms. The average Bonchev–Trinajstić information content (AvgIpc) is 2.35.